The summed E-state index contributed by atoms with van der Waals surface area (Å²) in [6.45, 7) is 3.67. The quantitative estimate of drug-likeness (QED) is 0.469. The molecule has 0 saturated heterocycles. The lowest BCUT2D eigenvalue weighted by Gasteiger charge is -2.12. The van der Waals surface area contributed by atoms with Crippen molar-refractivity contribution in [3.8, 4) is 0 Å². The number of hydrogen-bond donors (Lipinski definition) is 3. The van der Waals surface area contributed by atoms with Gasteiger partial charge in [0, 0.05) is 6.42 Å². The molecule has 0 rings (SSSR count). The molecule has 80 valence electrons. The Bertz CT molecular complexity index is 236. The van der Waals surface area contributed by atoms with Gasteiger partial charge in [0.1, 0.15) is 0 Å². The van der Waals surface area contributed by atoms with Gasteiger partial charge in [-0.3, -0.25) is 14.4 Å². The highest BCUT2D eigenvalue weighted by Gasteiger charge is 2.23. The molecule has 0 saturated carbocycles. The van der Waals surface area contributed by atoms with Crippen molar-refractivity contribution in [2.75, 3.05) is 0 Å². The summed E-state index contributed by atoms with van der Waals surface area (Å²) in [7, 11) is 0. The second-order valence-corrected chi connectivity index (χ2v) is 3.40. The maximum atomic E-state index is 11.1. The van der Waals surface area contributed by atoms with Gasteiger partial charge in [0.05, 0.1) is 0 Å². The van der Waals surface area contributed by atoms with Crippen LogP contribution in [-0.2, 0) is 14.4 Å². The molecule has 0 aromatic carbocycles. The maximum Gasteiger partial charge on any atom is 0.249 e. The first kappa shape index (κ1) is 12.4. The Balaban J connectivity index is 4.24. The minimum absolute atomic E-state index is 0.136. The highest BCUT2D eigenvalue weighted by Crippen LogP contribution is 1.98. The minimum atomic E-state index is -1.42. The van der Waals surface area contributed by atoms with Crippen LogP contribution < -0.4 is 16.8 Å². The molecule has 6 heteroatoms. The van der Waals surface area contributed by atoms with E-state index >= 15 is 0 Å². The largest absolute Gasteiger partial charge is 0.367 e. The third-order valence-electron chi connectivity index (χ3n) is 1.47. The highest BCUT2D eigenvalue weighted by atomic mass is 16.2. The zero-order valence-electron chi connectivity index (χ0n) is 8.24. The summed E-state index contributed by atoms with van der Waals surface area (Å²) in [6, 6.07) is -1.42. The van der Waals surface area contributed by atoms with Crippen LogP contribution in [0.1, 0.15) is 20.3 Å². The molecular weight excluding hydrogens is 186 g/mol. The summed E-state index contributed by atoms with van der Waals surface area (Å²) >= 11 is 0. The Kier molecular flexibility index (Phi) is 4.62. The number of carbonyl (C=O) groups is 3. The lowest BCUT2D eigenvalue weighted by atomic mass is 10.1. The lowest BCUT2D eigenvalue weighted by Crippen LogP contribution is -2.52. The SMILES string of the molecule is CC(C)CC(=O)NC(C(N)=O)C(N)=O. The Labute approximate surface area is 82.0 Å². The molecule has 14 heavy (non-hydrogen) atoms. The standard InChI is InChI=1S/C8H15N3O3/c1-4(2)3-5(12)11-6(7(9)13)8(10)14/h4,6H,3H2,1-2H3,(H2,9,13)(H2,10,14)(H,11,12). The van der Waals surface area contributed by atoms with E-state index in [9.17, 15) is 14.4 Å². The molecule has 0 fully saturated rings. The van der Waals surface area contributed by atoms with Gasteiger partial charge in [-0.1, -0.05) is 13.8 Å². The zero-order valence-corrected chi connectivity index (χ0v) is 8.24. The van der Waals surface area contributed by atoms with Gasteiger partial charge in [0.2, 0.25) is 17.7 Å². The molecule has 0 radical (unpaired) electrons. The monoisotopic (exact) mass is 201 g/mol. The summed E-state index contributed by atoms with van der Waals surface area (Å²) in [5, 5.41) is 2.16. The smallest absolute Gasteiger partial charge is 0.249 e. The molecule has 0 heterocycles. The van der Waals surface area contributed by atoms with Crippen molar-refractivity contribution in [2.24, 2.45) is 17.4 Å². The predicted molar refractivity (Wildman–Crippen MR) is 49.8 cm³/mol. The van der Waals surface area contributed by atoms with Crippen LogP contribution in [0.25, 0.3) is 0 Å². The Morgan fingerprint density at radius 3 is 1.86 bits per heavy atom. The van der Waals surface area contributed by atoms with Crippen LogP contribution in [0.2, 0.25) is 0 Å². The van der Waals surface area contributed by atoms with Gasteiger partial charge in [0.25, 0.3) is 0 Å². The van der Waals surface area contributed by atoms with Crippen LogP contribution in [-0.4, -0.2) is 23.8 Å². The first-order valence-electron chi connectivity index (χ1n) is 4.22. The number of hydrogen-bond acceptors (Lipinski definition) is 3. The molecule has 0 aliphatic heterocycles. The van der Waals surface area contributed by atoms with Gasteiger partial charge in [-0.15, -0.1) is 0 Å². The normalized spacial score (nSPS) is 10.3. The second kappa shape index (κ2) is 5.21. The van der Waals surface area contributed by atoms with Crippen molar-refractivity contribution >= 4 is 17.7 Å². The molecular formula is C8H15N3O3. The average molecular weight is 201 g/mol. The Morgan fingerprint density at radius 2 is 1.57 bits per heavy atom. The molecule has 0 bridgehead atoms. The summed E-state index contributed by atoms with van der Waals surface area (Å²) in [5.41, 5.74) is 9.72. The lowest BCUT2D eigenvalue weighted by molar-refractivity contribution is -0.134. The van der Waals surface area contributed by atoms with Gasteiger partial charge >= 0.3 is 0 Å². The number of primary amides is 2. The molecule has 0 aliphatic rings. The molecule has 5 N–H and O–H groups in total. The van der Waals surface area contributed by atoms with Crippen LogP contribution >= 0.6 is 0 Å². The molecule has 0 unspecified atom stereocenters. The Morgan fingerprint density at radius 1 is 1.14 bits per heavy atom. The fourth-order valence-electron chi connectivity index (χ4n) is 0.873. The number of rotatable bonds is 5. The van der Waals surface area contributed by atoms with E-state index in [-0.39, 0.29) is 12.3 Å². The minimum Gasteiger partial charge on any atom is -0.367 e. The molecule has 0 aromatic rings. The first-order chi connectivity index (χ1) is 6.34. The highest BCUT2D eigenvalue weighted by molar-refractivity contribution is 6.05. The molecule has 0 aliphatic carbocycles. The fourth-order valence-corrected chi connectivity index (χ4v) is 0.873. The van der Waals surface area contributed by atoms with E-state index in [1.54, 1.807) is 0 Å². The topological polar surface area (TPSA) is 115 Å². The number of amides is 3. The Hall–Kier alpha value is -1.59. The van der Waals surface area contributed by atoms with E-state index in [1.165, 1.54) is 0 Å². The number of carbonyl (C=O) groups excluding carboxylic acids is 3. The molecule has 6 nitrogen and oxygen atoms in total. The van der Waals surface area contributed by atoms with Crippen molar-refractivity contribution in [2.45, 2.75) is 26.3 Å². The number of nitrogens with one attached hydrogen (secondary N) is 1. The molecule has 0 spiro atoms. The summed E-state index contributed by atoms with van der Waals surface area (Å²) < 4.78 is 0. The van der Waals surface area contributed by atoms with E-state index in [0.29, 0.717) is 0 Å². The summed E-state index contributed by atoms with van der Waals surface area (Å²) in [4.78, 5) is 32.5. The van der Waals surface area contributed by atoms with Crippen LogP contribution in [0.15, 0.2) is 0 Å². The fraction of sp³-hybridized carbons (Fsp3) is 0.625. The molecule has 0 aromatic heterocycles. The van der Waals surface area contributed by atoms with Crippen LogP contribution in [0.3, 0.4) is 0 Å². The van der Waals surface area contributed by atoms with Gasteiger partial charge in [-0.2, -0.15) is 0 Å². The zero-order chi connectivity index (χ0) is 11.3. The van der Waals surface area contributed by atoms with Crippen molar-refractivity contribution < 1.29 is 14.4 Å². The van der Waals surface area contributed by atoms with E-state index in [1.807, 2.05) is 13.8 Å². The molecule has 0 atom stereocenters. The third kappa shape index (κ3) is 4.44. The van der Waals surface area contributed by atoms with Crippen molar-refractivity contribution in [1.82, 2.24) is 5.32 Å². The van der Waals surface area contributed by atoms with Crippen molar-refractivity contribution in [3.05, 3.63) is 0 Å². The van der Waals surface area contributed by atoms with E-state index in [4.69, 9.17) is 11.5 Å². The van der Waals surface area contributed by atoms with E-state index in [2.05, 4.69) is 5.32 Å². The molecule has 3 amide bonds. The summed E-state index contributed by atoms with van der Waals surface area (Å²) in [6.07, 6.45) is 0.219. The maximum absolute atomic E-state index is 11.1. The van der Waals surface area contributed by atoms with Crippen LogP contribution in [0.5, 0.6) is 0 Å². The predicted octanol–water partition coefficient (Wildman–Crippen LogP) is -1.51. The van der Waals surface area contributed by atoms with E-state index < -0.39 is 23.8 Å². The second-order valence-electron chi connectivity index (χ2n) is 3.40. The average Bonchev–Trinajstić information content (AvgIpc) is 1.97. The number of nitrogens with two attached hydrogens (primary N) is 2. The van der Waals surface area contributed by atoms with Crippen molar-refractivity contribution in [1.29, 1.82) is 0 Å². The summed E-state index contributed by atoms with van der Waals surface area (Å²) in [5.74, 6) is -2.18. The van der Waals surface area contributed by atoms with Gasteiger partial charge < -0.3 is 16.8 Å². The van der Waals surface area contributed by atoms with Crippen LogP contribution in [0, 0.1) is 5.92 Å². The van der Waals surface area contributed by atoms with Gasteiger partial charge in [-0.25, -0.2) is 0 Å². The van der Waals surface area contributed by atoms with Gasteiger partial charge in [0.15, 0.2) is 6.04 Å². The van der Waals surface area contributed by atoms with Gasteiger partial charge in [-0.05, 0) is 5.92 Å². The van der Waals surface area contributed by atoms with Crippen LogP contribution in [0.4, 0.5) is 0 Å². The van der Waals surface area contributed by atoms with E-state index in [0.717, 1.165) is 0 Å². The van der Waals surface area contributed by atoms with Crippen molar-refractivity contribution in [3.63, 3.8) is 0 Å². The first-order valence-corrected chi connectivity index (χ1v) is 4.22. The third-order valence-corrected chi connectivity index (χ3v) is 1.47.